The predicted molar refractivity (Wildman–Crippen MR) is 136 cm³/mol. The number of nitrogens with zero attached hydrogens (tertiary/aromatic N) is 5. The van der Waals surface area contributed by atoms with Gasteiger partial charge in [0, 0.05) is 12.2 Å². The summed E-state index contributed by atoms with van der Waals surface area (Å²) in [6.07, 6.45) is 4.73. The molecule has 1 aliphatic rings. The number of halogens is 1. The van der Waals surface area contributed by atoms with Gasteiger partial charge in [-0.1, -0.05) is 36.4 Å². The van der Waals surface area contributed by atoms with Gasteiger partial charge in [0.25, 0.3) is 0 Å². The Hall–Kier alpha value is -4.00. The van der Waals surface area contributed by atoms with Crippen molar-refractivity contribution in [2.75, 3.05) is 18.6 Å². The highest BCUT2D eigenvalue weighted by Gasteiger charge is 2.40. The fourth-order valence-corrected chi connectivity index (χ4v) is 4.85. The van der Waals surface area contributed by atoms with Crippen molar-refractivity contribution in [2.45, 2.75) is 32.4 Å². The van der Waals surface area contributed by atoms with Crippen LogP contribution in [-0.4, -0.2) is 33.9 Å². The molecule has 1 aromatic heterocycles. The number of aromatic nitrogens is 4. The van der Waals surface area contributed by atoms with Gasteiger partial charge in [0.15, 0.2) is 5.82 Å². The van der Waals surface area contributed by atoms with Gasteiger partial charge in [-0.15, -0.1) is 10.2 Å². The van der Waals surface area contributed by atoms with E-state index in [9.17, 15) is 4.39 Å². The number of methoxy groups -OCH3 is 1. The molecule has 1 atom stereocenters. The Bertz CT molecular complexity index is 1350. The number of fused-ring (bicyclic) bond motifs is 1. The van der Waals surface area contributed by atoms with Crippen molar-refractivity contribution < 1.29 is 9.13 Å². The fraction of sp³-hybridized carbons (Fsp3) is 0.250. The molecule has 4 aromatic rings. The molecule has 0 radical (unpaired) electrons. The number of benzene rings is 3. The molecule has 2 heterocycles. The minimum atomic E-state index is -0.439. The molecule has 0 bridgehead atoms. The SMILES string of the molecule is CCn1nnc(C=Cc2ccc(C3(C)c4ccc(OC)cc4CCN3c3ccc(F)cc3)cc2)n1. The molecule has 0 aliphatic carbocycles. The number of hydrogen-bond acceptors (Lipinski definition) is 5. The van der Waals surface area contributed by atoms with Crippen LogP contribution in [0, 0.1) is 5.82 Å². The van der Waals surface area contributed by atoms with E-state index < -0.39 is 5.54 Å². The van der Waals surface area contributed by atoms with Crippen LogP contribution in [0.25, 0.3) is 12.2 Å². The van der Waals surface area contributed by atoms with Crippen LogP contribution in [0.3, 0.4) is 0 Å². The summed E-state index contributed by atoms with van der Waals surface area (Å²) in [5.41, 5.74) is 5.23. The van der Waals surface area contributed by atoms with Gasteiger partial charge in [-0.05, 0) is 90.2 Å². The smallest absolute Gasteiger partial charge is 0.197 e. The zero-order valence-corrected chi connectivity index (χ0v) is 20.1. The lowest BCUT2D eigenvalue weighted by molar-refractivity contribution is 0.411. The van der Waals surface area contributed by atoms with Crippen LogP contribution in [0.15, 0.2) is 66.7 Å². The summed E-state index contributed by atoms with van der Waals surface area (Å²) in [5.74, 6) is 1.21. The molecule has 0 N–H and O–H groups in total. The van der Waals surface area contributed by atoms with Crippen LogP contribution in [0.4, 0.5) is 10.1 Å². The number of aryl methyl sites for hydroxylation is 1. The molecule has 6 nitrogen and oxygen atoms in total. The second-order valence-corrected chi connectivity index (χ2v) is 8.76. The highest BCUT2D eigenvalue weighted by molar-refractivity contribution is 5.67. The fourth-order valence-electron chi connectivity index (χ4n) is 4.85. The Morgan fingerprint density at radius 1 is 1.03 bits per heavy atom. The molecule has 0 saturated carbocycles. The van der Waals surface area contributed by atoms with Crippen molar-refractivity contribution in [2.24, 2.45) is 0 Å². The van der Waals surface area contributed by atoms with Crippen molar-refractivity contribution in [1.82, 2.24) is 20.2 Å². The van der Waals surface area contributed by atoms with E-state index >= 15 is 0 Å². The molecular weight excluding hydrogens is 441 g/mol. The minimum absolute atomic E-state index is 0.234. The molecule has 0 saturated heterocycles. The summed E-state index contributed by atoms with van der Waals surface area (Å²) in [6, 6.07) is 21.6. The standard InChI is InChI=1S/C28H28FN5O/c1-4-34-31-27(30-32-34)16-7-20-5-8-22(9-6-20)28(2)26-15-14-25(35-3)19-21(26)17-18-33(28)24-12-10-23(29)11-13-24/h5-16,19H,4,17-18H2,1-3H3. The third kappa shape index (κ3) is 4.30. The van der Waals surface area contributed by atoms with E-state index in [1.165, 1.54) is 23.3 Å². The number of ether oxygens (including phenoxy) is 1. The number of anilines is 1. The van der Waals surface area contributed by atoms with Gasteiger partial charge in [-0.25, -0.2) is 4.39 Å². The minimum Gasteiger partial charge on any atom is -0.497 e. The van der Waals surface area contributed by atoms with Gasteiger partial charge in [0.05, 0.1) is 19.2 Å². The second-order valence-electron chi connectivity index (χ2n) is 8.76. The summed E-state index contributed by atoms with van der Waals surface area (Å²) in [5, 5.41) is 12.3. The number of hydrogen-bond donors (Lipinski definition) is 0. The zero-order valence-electron chi connectivity index (χ0n) is 20.1. The van der Waals surface area contributed by atoms with E-state index in [0.717, 1.165) is 35.5 Å². The van der Waals surface area contributed by atoms with Crippen molar-refractivity contribution in [3.05, 3.63) is 101 Å². The maximum atomic E-state index is 13.7. The molecule has 5 rings (SSSR count). The van der Waals surface area contributed by atoms with Crippen molar-refractivity contribution in [1.29, 1.82) is 0 Å². The van der Waals surface area contributed by atoms with Crippen molar-refractivity contribution >= 4 is 17.8 Å². The first-order valence-corrected chi connectivity index (χ1v) is 11.8. The van der Waals surface area contributed by atoms with E-state index in [2.05, 4.69) is 63.6 Å². The Morgan fingerprint density at radius 3 is 2.49 bits per heavy atom. The molecular formula is C28H28FN5O. The molecule has 0 fully saturated rings. The van der Waals surface area contributed by atoms with E-state index in [4.69, 9.17) is 4.74 Å². The van der Waals surface area contributed by atoms with Crippen molar-refractivity contribution in [3.8, 4) is 5.75 Å². The zero-order chi connectivity index (χ0) is 24.4. The third-order valence-electron chi connectivity index (χ3n) is 6.77. The van der Waals surface area contributed by atoms with E-state index in [0.29, 0.717) is 12.4 Å². The number of tetrazole rings is 1. The summed E-state index contributed by atoms with van der Waals surface area (Å²) in [7, 11) is 1.69. The maximum Gasteiger partial charge on any atom is 0.197 e. The first kappa shape index (κ1) is 22.8. The van der Waals surface area contributed by atoms with Gasteiger partial charge in [-0.2, -0.15) is 4.80 Å². The van der Waals surface area contributed by atoms with Crippen molar-refractivity contribution in [3.63, 3.8) is 0 Å². The number of rotatable bonds is 6. The Balaban J connectivity index is 1.53. The molecule has 1 aliphatic heterocycles. The average Bonchev–Trinajstić information content (AvgIpc) is 3.36. The van der Waals surface area contributed by atoms with Crippen LogP contribution < -0.4 is 9.64 Å². The predicted octanol–water partition coefficient (Wildman–Crippen LogP) is 5.34. The molecule has 178 valence electrons. The lowest BCUT2D eigenvalue weighted by atomic mass is 9.76. The van der Waals surface area contributed by atoms with Crippen LogP contribution in [-0.2, 0) is 18.5 Å². The Morgan fingerprint density at radius 2 is 1.80 bits per heavy atom. The molecule has 1 unspecified atom stereocenters. The molecule has 0 amide bonds. The molecule has 35 heavy (non-hydrogen) atoms. The first-order chi connectivity index (χ1) is 17.0. The van der Waals surface area contributed by atoms with E-state index in [1.807, 2.05) is 37.3 Å². The monoisotopic (exact) mass is 469 g/mol. The third-order valence-corrected chi connectivity index (χ3v) is 6.77. The highest BCUT2D eigenvalue weighted by atomic mass is 19.1. The summed E-state index contributed by atoms with van der Waals surface area (Å²) < 4.78 is 19.2. The van der Waals surface area contributed by atoms with Crippen LogP contribution in [0.2, 0.25) is 0 Å². The van der Waals surface area contributed by atoms with E-state index in [-0.39, 0.29) is 5.82 Å². The Labute approximate surface area is 204 Å². The van der Waals surface area contributed by atoms with Gasteiger partial charge < -0.3 is 9.64 Å². The molecule has 0 spiro atoms. The quantitative estimate of drug-likeness (QED) is 0.382. The summed E-state index contributed by atoms with van der Waals surface area (Å²) in [6.45, 7) is 5.70. The van der Waals surface area contributed by atoms with Gasteiger partial charge >= 0.3 is 0 Å². The Kier molecular flexibility index (Phi) is 6.07. The first-order valence-electron chi connectivity index (χ1n) is 11.8. The average molecular weight is 470 g/mol. The molecule has 7 heteroatoms. The van der Waals surface area contributed by atoms with Crippen LogP contribution >= 0.6 is 0 Å². The summed E-state index contributed by atoms with van der Waals surface area (Å²) >= 11 is 0. The van der Waals surface area contributed by atoms with E-state index in [1.54, 1.807) is 11.9 Å². The lowest BCUT2D eigenvalue weighted by Gasteiger charge is -2.48. The lowest BCUT2D eigenvalue weighted by Crippen LogP contribution is -2.49. The largest absolute Gasteiger partial charge is 0.497 e. The van der Waals surface area contributed by atoms with Crippen LogP contribution in [0.5, 0.6) is 5.75 Å². The van der Waals surface area contributed by atoms with Gasteiger partial charge in [0.2, 0.25) is 0 Å². The van der Waals surface area contributed by atoms with Gasteiger partial charge in [-0.3, -0.25) is 0 Å². The topological polar surface area (TPSA) is 56.1 Å². The molecule has 3 aromatic carbocycles. The van der Waals surface area contributed by atoms with Gasteiger partial charge in [0.1, 0.15) is 11.6 Å². The maximum absolute atomic E-state index is 13.7. The highest BCUT2D eigenvalue weighted by Crippen LogP contribution is 2.44. The van der Waals surface area contributed by atoms with Crippen LogP contribution in [0.1, 0.15) is 41.9 Å². The summed E-state index contributed by atoms with van der Waals surface area (Å²) in [4.78, 5) is 3.92. The normalized spacial score (nSPS) is 17.5. The second kappa shape index (κ2) is 9.33.